The normalized spacial score (nSPS) is 11.2. The van der Waals surface area contributed by atoms with Gasteiger partial charge in [0, 0.05) is 6.42 Å². The molecule has 0 fully saturated rings. The van der Waals surface area contributed by atoms with Crippen LogP contribution in [0.3, 0.4) is 0 Å². The molecular weight excluding hydrogens is 344 g/mol. The fraction of sp³-hybridized carbons (Fsp3) is 0.250. The van der Waals surface area contributed by atoms with Gasteiger partial charge in [-0.15, -0.1) is 10.2 Å². The lowest BCUT2D eigenvalue weighted by atomic mass is 10.1. The minimum atomic E-state index is 0.686. The third-order valence-electron chi connectivity index (χ3n) is 3.72. The van der Waals surface area contributed by atoms with Gasteiger partial charge in [0.2, 0.25) is 5.16 Å². The highest BCUT2D eigenvalue weighted by atomic mass is 32.2. The molecule has 1 aromatic heterocycles. The van der Waals surface area contributed by atoms with E-state index in [1.54, 1.807) is 4.68 Å². The smallest absolute Gasteiger partial charge is 0.211 e. The van der Waals surface area contributed by atoms with Gasteiger partial charge >= 0.3 is 0 Å². The molecule has 0 bridgehead atoms. The highest BCUT2D eigenvalue weighted by molar-refractivity contribution is 7.98. The topological polar surface area (TPSA) is 52.3 Å². The van der Waals surface area contributed by atoms with Crippen LogP contribution in [0.15, 0.2) is 64.9 Å². The maximum absolute atomic E-state index is 5.68. The predicted octanol–water partition coefficient (Wildman–Crippen LogP) is 4.26. The Kier molecular flexibility index (Phi) is 6.44. The number of nitrogens with zero attached hydrogens (tertiary/aromatic N) is 4. The van der Waals surface area contributed by atoms with Gasteiger partial charge in [-0.25, -0.2) is 0 Å². The second-order valence-corrected chi connectivity index (χ2v) is 6.52. The van der Waals surface area contributed by atoms with Crippen molar-refractivity contribution in [3.63, 3.8) is 0 Å². The van der Waals surface area contributed by atoms with Crippen molar-refractivity contribution in [3.05, 3.63) is 71.5 Å². The first kappa shape index (κ1) is 18.2. The molecule has 0 saturated heterocycles. The van der Waals surface area contributed by atoms with Gasteiger partial charge in [-0.2, -0.15) is 9.78 Å². The van der Waals surface area contributed by atoms with Crippen LogP contribution in [0.4, 0.5) is 0 Å². The monoisotopic (exact) mass is 366 g/mol. The maximum atomic E-state index is 5.68. The summed E-state index contributed by atoms with van der Waals surface area (Å²) in [4.78, 5) is 0. The Bertz CT molecular complexity index is 861. The zero-order chi connectivity index (χ0) is 18.2. The number of benzene rings is 2. The van der Waals surface area contributed by atoms with Crippen molar-refractivity contribution in [2.75, 3.05) is 12.9 Å². The lowest BCUT2D eigenvalue weighted by Gasteiger charge is -2.05. The summed E-state index contributed by atoms with van der Waals surface area (Å²) in [5.74, 6) is 1.67. The van der Waals surface area contributed by atoms with E-state index in [2.05, 4.69) is 34.4 Å². The summed E-state index contributed by atoms with van der Waals surface area (Å²) < 4.78 is 7.49. The van der Waals surface area contributed by atoms with Gasteiger partial charge in [0.05, 0.1) is 12.8 Å². The van der Waals surface area contributed by atoms with E-state index in [1.165, 1.54) is 17.3 Å². The van der Waals surface area contributed by atoms with Crippen molar-refractivity contribution in [2.24, 2.45) is 5.10 Å². The molecule has 0 radical (unpaired) electrons. The highest BCUT2D eigenvalue weighted by Crippen LogP contribution is 2.17. The SMILES string of the molecule is CCCOc1cccc(/C=N\n2c(Cc3ccccc3)nnc2SC)c1. The number of hydrogen-bond donors (Lipinski definition) is 0. The van der Waals surface area contributed by atoms with E-state index < -0.39 is 0 Å². The third-order valence-corrected chi connectivity index (χ3v) is 4.34. The zero-order valence-corrected chi connectivity index (χ0v) is 15.8. The quantitative estimate of drug-likeness (QED) is 0.441. The molecule has 0 unspecified atom stereocenters. The van der Waals surface area contributed by atoms with Gasteiger partial charge in [0.15, 0.2) is 5.82 Å². The molecule has 1 heterocycles. The first-order valence-electron chi connectivity index (χ1n) is 8.59. The van der Waals surface area contributed by atoms with Crippen LogP contribution in [0, 0.1) is 0 Å². The van der Waals surface area contributed by atoms with Gasteiger partial charge in [-0.3, -0.25) is 0 Å². The van der Waals surface area contributed by atoms with Crippen LogP contribution in [-0.2, 0) is 6.42 Å². The van der Waals surface area contributed by atoms with Crippen LogP contribution in [0.1, 0.15) is 30.3 Å². The average Bonchev–Trinajstić information content (AvgIpc) is 3.07. The number of ether oxygens (including phenoxy) is 1. The van der Waals surface area contributed by atoms with Crippen molar-refractivity contribution < 1.29 is 4.74 Å². The van der Waals surface area contributed by atoms with E-state index in [9.17, 15) is 0 Å². The highest BCUT2D eigenvalue weighted by Gasteiger charge is 2.11. The van der Waals surface area contributed by atoms with Crippen LogP contribution in [0.5, 0.6) is 5.75 Å². The van der Waals surface area contributed by atoms with E-state index >= 15 is 0 Å². The first-order valence-corrected chi connectivity index (χ1v) is 9.82. The molecule has 6 heteroatoms. The summed E-state index contributed by atoms with van der Waals surface area (Å²) in [6, 6.07) is 18.1. The van der Waals surface area contributed by atoms with Gasteiger partial charge in [-0.05, 0) is 35.9 Å². The minimum Gasteiger partial charge on any atom is -0.494 e. The van der Waals surface area contributed by atoms with E-state index in [0.29, 0.717) is 13.0 Å². The Hall–Kier alpha value is -2.60. The molecule has 3 rings (SSSR count). The van der Waals surface area contributed by atoms with E-state index in [0.717, 1.165) is 28.7 Å². The van der Waals surface area contributed by atoms with Gasteiger partial charge in [0.25, 0.3) is 0 Å². The minimum absolute atomic E-state index is 0.686. The van der Waals surface area contributed by atoms with Crippen molar-refractivity contribution in [2.45, 2.75) is 24.9 Å². The van der Waals surface area contributed by atoms with Crippen LogP contribution >= 0.6 is 11.8 Å². The molecule has 0 aliphatic rings. The molecule has 5 nitrogen and oxygen atoms in total. The maximum Gasteiger partial charge on any atom is 0.211 e. The first-order chi connectivity index (χ1) is 12.8. The molecule has 26 heavy (non-hydrogen) atoms. The van der Waals surface area contributed by atoms with E-state index in [-0.39, 0.29) is 0 Å². The Labute approximate surface area is 158 Å². The Morgan fingerprint density at radius 2 is 1.96 bits per heavy atom. The van der Waals surface area contributed by atoms with Gasteiger partial charge < -0.3 is 4.74 Å². The Morgan fingerprint density at radius 3 is 2.73 bits per heavy atom. The van der Waals surface area contributed by atoms with E-state index in [4.69, 9.17) is 4.74 Å². The summed E-state index contributed by atoms with van der Waals surface area (Å²) in [5.41, 5.74) is 2.16. The molecule has 0 atom stereocenters. The Balaban J connectivity index is 1.82. The number of hydrogen-bond acceptors (Lipinski definition) is 5. The number of rotatable bonds is 8. The molecule has 0 aliphatic heterocycles. The van der Waals surface area contributed by atoms with Crippen molar-refractivity contribution in [1.29, 1.82) is 0 Å². The lowest BCUT2D eigenvalue weighted by molar-refractivity contribution is 0.317. The van der Waals surface area contributed by atoms with Crippen LogP contribution in [-0.4, -0.2) is 34.0 Å². The van der Waals surface area contributed by atoms with Gasteiger partial charge in [0.1, 0.15) is 5.75 Å². The molecular formula is C20H22N4OS. The number of thioether (sulfide) groups is 1. The average molecular weight is 366 g/mol. The molecule has 0 aliphatic carbocycles. The summed E-state index contributed by atoms with van der Waals surface area (Å²) in [6.07, 6.45) is 5.46. The van der Waals surface area contributed by atoms with Crippen molar-refractivity contribution >= 4 is 18.0 Å². The fourth-order valence-corrected chi connectivity index (χ4v) is 2.90. The standard InChI is InChI=1S/C20H22N4OS/c1-3-12-25-18-11-7-10-17(13-18)15-21-24-19(22-23-20(24)26-2)14-16-8-5-4-6-9-16/h4-11,13,15H,3,12,14H2,1-2H3/b21-15-. The second kappa shape index (κ2) is 9.20. The molecule has 0 saturated carbocycles. The molecule has 0 N–H and O–H groups in total. The van der Waals surface area contributed by atoms with Crippen LogP contribution in [0.2, 0.25) is 0 Å². The zero-order valence-electron chi connectivity index (χ0n) is 15.0. The van der Waals surface area contributed by atoms with Gasteiger partial charge in [-0.1, -0.05) is 61.2 Å². The molecule has 3 aromatic rings. The van der Waals surface area contributed by atoms with Crippen LogP contribution in [0.25, 0.3) is 0 Å². The molecule has 2 aromatic carbocycles. The summed E-state index contributed by atoms with van der Waals surface area (Å²) in [7, 11) is 0. The largest absolute Gasteiger partial charge is 0.494 e. The predicted molar refractivity (Wildman–Crippen MR) is 106 cm³/mol. The van der Waals surface area contributed by atoms with Crippen molar-refractivity contribution in [3.8, 4) is 5.75 Å². The van der Waals surface area contributed by atoms with E-state index in [1.807, 2.05) is 54.9 Å². The lowest BCUT2D eigenvalue weighted by Crippen LogP contribution is -2.01. The fourth-order valence-electron chi connectivity index (χ4n) is 2.46. The summed E-state index contributed by atoms with van der Waals surface area (Å²) in [5, 5.41) is 13.9. The van der Waals surface area contributed by atoms with Crippen molar-refractivity contribution in [1.82, 2.24) is 14.9 Å². The molecule has 0 spiro atoms. The third kappa shape index (κ3) is 4.73. The number of aromatic nitrogens is 3. The Morgan fingerprint density at radius 1 is 1.12 bits per heavy atom. The molecule has 0 amide bonds. The summed E-state index contributed by atoms with van der Waals surface area (Å²) in [6.45, 7) is 2.81. The van der Waals surface area contributed by atoms with Crippen LogP contribution < -0.4 is 4.74 Å². The summed E-state index contributed by atoms with van der Waals surface area (Å²) >= 11 is 1.53. The second-order valence-electron chi connectivity index (χ2n) is 5.74. The molecule has 134 valence electrons.